The van der Waals surface area contributed by atoms with E-state index >= 15 is 0 Å². The predicted octanol–water partition coefficient (Wildman–Crippen LogP) is 2.81. The highest BCUT2D eigenvalue weighted by Crippen LogP contribution is 2.35. The number of benzene rings is 1. The van der Waals surface area contributed by atoms with Crippen LogP contribution in [0.5, 0.6) is 0 Å². The Morgan fingerprint density at radius 2 is 1.81 bits per heavy atom. The Bertz CT molecular complexity index is 761. The van der Waals surface area contributed by atoms with E-state index in [2.05, 4.69) is 0 Å². The van der Waals surface area contributed by atoms with Crippen molar-refractivity contribution in [3.05, 3.63) is 34.9 Å². The molecule has 26 heavy (non-hydrogen) atoms. The molecule has 1 heterocycles. The number of imide groups is 1. The van der Waals surface area contributed by atoms with E-state index in [-0.39, 0.29) is 10.6 Å². The zero-order valence-electron chi connectivity index (χ0n) is 14.2. The van der Waals surface area contributed by atoms with Gasteiger partial charge in [0.1, 0.15) is 0 Å². The number of nitrogens with zero attached hydrogens (tertiary/aromatic N) is 1. The zero-order chi connectivity index (χ0) is 19.9. The van der Waals surface area contributed by atoms with Crippen molar-refractivity contribution < 1.29 is 27.6 Å². The molecule has 1 aliphatic heterocycles. The molecular formula is C16H17ClF3N3O3. The Morgan fingerprint density at radius 1 is 1.23 bits per heavy atom. The second-order valence-electron chi connectivity index (χ2n) is 6.86. The zero-order valence-corrected chi connectivity index (χ0v) is 15.0. The van der Waals surface area contributed by atoms with Crippen LogP contribution < -0.4 is 10.6 Å². The van der Waals surface area contributed by atoms with Crippen molar-refractivity contribution in [2.75, 3.05) is 0 Å². The van der Waals surface area contributed by atoms with Crippen molar-refractivity contribution in [1.29, 1.82) is 0 Å². The van der Waals surface area contributed by atoms with E-state index in [1.807, 2.05) is 0 Å². The molecule has 0 unspecified atom stereocenters. The number of carbonyl (C=O) groups excluding carboxylic acids is 3. The molecule has 1 aromatic rings. The highest BCUT2D eigenvalue weighted by molar-refractivity contribution is 6.31. The van der Waals surface area contributed by atoms with E-state index in [9.17, 15) is 27.6 Å². The number of nitrogens with one attached hydrogen (secondary N) is 2. The lowest BCUT2D eigenvalue weighted by Gasteiger charge is -2.32. The van der Waals surface area contributed by atoms with Crippen LogP contribution in [0.3, 0.4) is 0 Å². The van der Waals surface area contributed by atoms with Crippen LogP contribution in [0.25, 0.3) is 0 Å². The van der Waals surface area contributed by atoms with Crippen LogP contribution in [0.15, 0.2) is 24.3 Å². The molecule has 1 aliphatic rings. The van der Waals surface area contributed by atoms with Gasteiger partial charge < -0.3 is 5.32 Å². The molecule has 1 aromatic carbocycles. The molecule has 6 nitrogen and oxygen atoms in total. The number of rotatable bonds is 3. The second-order valence-corrected chi connectivity index (χ2v) is 7.27. The number of urea groups is 1. The minimum Gasteiger partial charge on any atom is -0.317 e. The molecule has 0 aromatic heterocycles. The number of hydrogen-bond donors (Lipinski definition) is 2. The summed E-state index contributed by atoms with van der Waals surface area (Å²) in [6.07, 6.45) is -5.24. The molecule has 0 bridgehead atoms. The fraction of sp³-hybridized carbons (Fsp3) is 0.438. The van der Waals surface area contributed by atoms with Crippen LogP contribution in [-0.4, -0.2) is 34.6 Å². The molecule has 10 heteroatoms. The van der Waals surface area contributed by atoms with E-state index in [0.29, 0.717) is 4.90 Å². The van der Waals surface area contributed by atoms with Crippen molar-refractivity contribution in [2.45, 2.75) is 39.2 Å². The molecule has 2 rings (SSSR count). The number of alkyl halides is 3. The summed E-state index contributed by atoms with van der Waals surface area (Å²) in [7, 11) is 0. The summed E-state index contributed by atoms with van der Waals surface area (Å²) in [6.45, 7) is 3.69. The van der Waals surface area contributed by atoms with Crippen molar-refractivity contribution in [2.24, 2.45) is 5.41 Å². The highest BCUT2D eigenvalue weighted by Gasteiger charge is 2.69. The van der Waals surface area contributed by atoms with Crippen LogP contribution in [-0.2, 0) is 16.1 Å². The van der Waals surface area contributed by atoms with Crippen LogP contribution in [0.2, 0.25) is 5.02 Å². The first-order valence-electron chi connectivity index (χ1n) is 7.56. The molecule has 1 fully saturated rings. The van der Waals surface area contributed by atoms with Gasteiger partial charge in [-0.05, 0) is 11.6 Å². The van der Waals surface area contributed by atoms with Gasteiger partial charge in [-0.1, -0.05) is 50.6 Å². The summed E-state index contributed by atoms with van der Waals surface area (Å²) in [6, 6.07) is 4.85. The molecule has 0 saturated carbocycles. The summed E-state index contributed by atoms with van der Waals surface area (Å²) in [5, 5.41) is 3.44. The van der Waals surface area contributed by atoms with Crippen LogP contribution in [0.1, 0.15) is 26.3 Å². The summed E-state index contributed by atoms with van der Waals surface area (Å²) in [5.41, 5.74) is -4.44. The second kappa shape index (κ2) is 6.46. The van der Waals surface area contributed by atoms with Gasteiger partial charge in [-0.2, -0.15) is 13.2 Å². The van der Waals surface area contributed by atoms with Gasteiger partial charge in [-0.25, -0.2) is 4.79 Å². The average molecular weight is 392 g/mol. The SMILES string of the molecule is CC(C)(C)C(=O)N[C@@]1(C(F)(F)F)NC(=O)N(Cc2ccccc2Cl)C1=O. The summed E-state index contributed by atoms with van der Waals surface area (Å²) in [5.74, 6) is -2.66. The molecular weight excluding hydrogens is 375 g/mol. The van der Waals surface area contributed by atoms with Gasteiger partial charge in [0, 0.05) is 10.4 Å². The third-order valence-electron chi connectivity index (χ3n) is 3.80. The van der Waals surface area contributed by atoms with Gasteiger partial charge in [0.15, 0.2) is 0 Å². The maximum atomic E-state index is 13.7. The first-order chi connectivity index (χ1) is 11.8. The quantitative estimate of drug-likeness (QED) is 0.778. The molecule has 2 N–H and O–H groups in total. The summed E-state index contributed by atoms with van der Waals surface area (Å²) < 4.78 is 41.0. The van der Waals surface area contributed by atoms with Gasteiger partial charge in [-0.3, -0.25) is 19.8 Å². The summed E-state index contributed by atoms with van der Waals surface area (Å²) in [4.78, 5) is 37.1. The van der Waals surface area contributed by atoms with Gasteiger partial charge >= 0.3 is 12.2 Å². The van der Waals surface area contributed by atoms with E-state index in [4.69, 9.17) is 11.6 Å². The predicted molar refractivity (Wildman–Crippen MR) is 86.9 cm³/mol. The molecule has 0 aliphatic carbocycles. The fourth-order valence-electron chi connectivity index (χ4n) is 2.22. The standard InChI is InChI=1S/C16H17ClF3N3O3/c1-14(2,3)11(24)21-15(16(18,19)20)12(25)23(13(26)22-15)8-9-6-4-5-7-10(9)17/h4-7H,8H2,1-3H3,(H,21,24)(H,22,26)/t15-/m1/s1. The van der Waals surface area contributed by atoms with E-state index in [0.717, 1.165) is 0 Å². The molecule has 1 atom stereocenters. The molecule has 0 radical (unpaired) electrons. The maximum absolute atomic E-state index is 13.7. The van der Waals surface area contributed by atoms with Gasteiger partial charge in [0.2, 0.25) is 5.91 Å². The normalized spacial score (nSPS) is 21.0. The molecule has 4 amide bonds. The Balaban J connectivity index is 2.40. The minimum absolute atomic E-state index is 0.191. The molecule has 1 saturated heterocycles. The Kier molecular flexibility index (Phi) is 4.97. The van der Waals surface area contributed by atoms with Crippen LogP contribution in [0.4, 0.5) is 18.0 Å². The number of halogens is 4. The van der Waals surface area contributed by atoms with Crippen molar-refractivity contribution >= 4 is 29.4 Å². The Labute approximate surface area is 152 Å². The van der Waals surface area contributed by atoms with Gasteiger partial charge in [-0.15, -0.1) is 0 Å². The lowest BCUT2D eigenvalue weighted by atomic mass is 9.94. The number of amides is 4. The third kappa shape index (κ3) is 3.48. The van der Waals surface area contributed by atoms with E-state index < -0.39 is 41.6 Å². The number of carbonyl (C=O) groups is 3. The van der Waals surface area contributed by atoms with Crippen molar-refractivity contribution in [1.82, 2.24) is 15.5 Å². The van der Waals surface area contributed by atoms with Gasteiger partial charge in [0.05, 0.1) is 6.54 Å². The fourth-order valence-corrected chi connectivity index (χ4v) is 2.42. The smallest absolute Gasteiger partial charge is 0.317 e. The Hall–Kier alpha value is -2.29. The molecule has 0 spiro atoms. The van der Waals surface area contributed by atoms with Crippen molar-refractivity contribution in [3.63, 3.8) is 0 Å². The first kappa shape index (κ1) is 20.0. The monoisotopic (exact) mass is 391 g/mol. The topological polar surface area (TPSA) is 78.5 Å². The average Bonchev–Trinajstić information content (AvgIpc) is 2.73. The third-order valence-corrected chi connectivity index (χ3v) is 4.17. The van der Waals surface area contributed by atoms with E-state index in [1.54, 1.807) is 22.8 Å². The minimum atomic E-state index is -5.24. The number of hydrogen-bond acceptors (Lipinski definition) is 3. The highest BCUT2D eigenvalue weighted by atomic mass is 35.5. The first-order valence-corrected chi connectivity index (χ1v) is 7.94. The molecule has 142 valence electrons. The van der Waals surface area contributed by atoms with Crippen LogP contribution in [0, 0.1) is 5.41 Å². The van der Waals surface area contributed by atoms with E-state index in [1.165, 1.54) is 32.9 Å². The Morgan fingerprint density at radius 3 is 2.31 bits per heavy atom. The maximum Gasteiger partial charge on any atom is 0.440 e. The van der Waals surface area contributed by atoms with Crippen molar-refractivity contribution in [3.8, 4) is 0 Å². The largest absolute Gasteiger partial charge is 0.440 e. The lowest BCUT2D eigenvalue weighted by molar-refractivity contribution is -0.205. The van der Waals surface area contributed by atoms with Crippen LogP contribution >= 0.6 is 11.6 Å². The lowest BCUT2D eigenvalue weighted by Crippen LogP contribution is -2.70. The van der Waals surface area contributed by atoms with Gasteiger partial charge in [0.25, 0.3) is 11.6 Å². The summed E-state index contributed by atoms with van der Waals surface area (Å²) >= 11 is 5.94.